The molecule has 1 saturated heterocycles. The minimum atomic E-state index is -0.246. The highest BCUT2D eigenvalue weighted by Crippen LogP contribution is 2.21. The molecule has 0 aliphatic carbocycles. The average Bonchev–Trinajstić information content (AvgIpc) is 2.77. The van der Waals surface area contributed by atoms with Crippen LogP contribution in [0.5, 0.6) is 0 Å². The highest BCUT2D eigenvalue weighted by molar-refractivity contribution is 5.83. The molecule has 1 aliphatic heterocycles. The number of hydrogen-bond donors (Lipinski definition) is 1. The van der Waals surface area contributed by atoms with E-state index < -0.39 is 0 Å². The third-order valence-corrected chi connectivity index (χ3v) is 5.66. The molecule has 0 unspecified atom stereocenters. The minimum absolute atomic E-state index is 0.0960. The quantitative estimate of drug-likeness (QED) is 0.701. The highest BCUT2D eigenvalue weighted by Gasteiger charge is 2.17. The van der Waals surface area contributed by atoms with Crippen molar-refractivity contribution in [3.8, 4) is 0 Å². The molecule has 3 aromatic rings. The smallest absolute Gasteiger partial charge is 0.275 e. The van der Waals surface area contributed by atoms with Gasteiger partial charge in [0.1, 0.15) is 6.54 Å². The summed E-state index contributed by atoms with van der Waals surface area (Å²) < 4.78 is 1.25. The van der Waals surface area contributed by atoms with Crippen molar-refractivity contribution in [1.82, 2.24) is 20.0 Å². The zero-order chi connectivity index (χ0) is 21.1. The largest absolute Gasteiger partial charge is 0.369 e. The second-order valence-electron chi connectivity index (χ2n) is 7.79. The number of hydrogen-bond acceptors (Lipinski definition) is 5. The summed E-state index contributed by atoms with van der Waals surface area (Å²) in [4.78, 5) is 30.0. The summed E-state index contributed by atoms with van der Waals surface area (Å²) in [6, 6.07) is 15.5. The van der Waals surface area contributed by atoms with Gasteiger partial charge in [-0.05, 0) is 31.7 Å². The lowest BCUT2D eigenvalue weighted by molar-refractivity contribution is -0.122. The summed E-state index contributed by atoms with van der Waals surface area (Å²) in [5.74, 6) is -0.229. The molecule has 4 rings (SSSR count). The molecular formula is C23H27N5O2. The Hall–Kier alpha value is -3.19. The topological polar surface area (TPSA) is 70.5 Å². The molecule has 156 valence electrons. The van der Waals surface area contributed by atoms with Crippen LogP contribution in [0.2, 0.25) is 0 Å². The van der Waals surface area contributed by atoms with Crippen LogP contribution in [0.25, 0.3) is 10.8 Å². The van der Waals surface area contributed by atoms with E-state index in [-0.39, 0.29) is 18.0 Å². The SMILES string of the molecule is Cc1nn(CC(=O)NCc2ccccc2N2CCN(C)CC2)c(=O)c2ccccc12. The Labute approximate surface area is 175 Å². The van der Waals surface area contributed by atoms with Crippen LogP contribution in [0, 0.1) is 6.92 Å². The first-order valence-electron chi connectivity index (χ1n) is 10.3. The number of carbonyl (C=O) groups is 1. The van der Waals surface area contributed by atoms with Gasteiger partial charge >= 0.3 is 0 Å². The van der Waals surface area contributed by atoms with Gasteiger partial charge in [0.25, 0.3) is 5.56 Å². The molecule has 1 fully saturated rings. The van der Waals surface area contributed by atoms with Crippen LogP contribution in [0.4, 0.5) is 5.69 Å². The van der Waals surface area contributed by atoms with Crippen LogP contribution in [0.15, 0.2) is 53.3 Å². The molecule has 1 aliphatic rings. The number of nitrogens with zero attached hydrogens (tertiary/aromatic N) is 4. The lowest BCUT2D eigenvalue weighted by atomic mass is 10.1. The normalized spacial score (nSPS) is 14.8. The number of fused-ring (bicyclic) bond motifs is 1. The van der Waals surface area contributed by atoms with Crippen molar-refractivity contribution >= 4 is 22.4 Å². The number of nitrogens with one attached hydrogen (secondary N) is 1. The molecule has 0 radical (unpaired) electrons. The molecular weight excluding hydrogens is 378 g/mol. The lowest BCUT2D eigenvalue weighted by Crippen LogP contribution is -2.45. The molecule has 1 N–H and O–H groups in total. The molecule has 2 aromatic carbocycles. The van der Waals surface area contributed by atoms with Crippen LogP contribution in [0.3, 0.4) is 0 Å². The Kier molecular flexibility index (Phi) is 5.81. The van der Waals surface area contributed by atoms with Gasteiger partial charge in [-0.1, -0.05) is 36.4 Å². The lowest BCUT2D eigenvalue weighted by Gasteiger charge is -2.35. The van der Waals surface area contributed by atoms with E-state index >= 15 is 0 Å². The predicted octanol–water partition coefficient (Wildman–Crippen LogP) is 1.77. The van der Waals surface area contributed by atoms with Crippen molar-refractivity contribution in [2.75, 3.05) is 38.1 Å². The van der Waals surface area contributed by atoms with Crippen molar-refractivity contribution in [3.63, 3.8) is 0 Å². The summed E-state index contributed by atoms with van der Waals surface area (Å²) in [6.45, 7) is 6.16. The van der Waals surface area contributed by atoms with Gasteiger partial charge < -0.3 is 15.1 Å². The summed E-state index contributed by atoms with van der Waals surface area (Å²) >= 11 is 0. The number of anilines is 1. The van der Waals surface area contributed by atoms with E-state index in [0.717, 1.165) is 48.5 Å². The molecule has 7 heteroatoms. The summed E-state index contributed by atoms with van der Waals surface area (Å²) in [6.07, 6.45) is 0. The van der Waals surface area contributed by atoms with E-state index in [4.69, 9.17) is 0 Å². The van der Waals surface area contributed by atoms with Gasteiger partial charge in [0, 0.05) is 43.8 Å². The summed E-state index contributed by atoms with van der Waals surface area (Å²) in [7, 11) is 2.13. The molecule has 1 aromatic heterocycles. The van der Waals surface area contributed by atoms with Crippen LogP contribution >= 0.6 is 0 Å². The summed E-state index contributed by atoms with van der Waals surface area (Å²) in [5.41, 5.74) is 2.72. The molecule has 0 bridgehead atoms. The highest BCUT2D eigenvalue weighted by atomic mass is 16.2. The zero-order valence-corrected chi connectivity index (χ0v) is 17.5. The molecule has 1 amide bonds. The Morgan fingerprint density at radius 1 is 1.00 bits per heavy atom. The van der Waals surface area contributed by atoms with Crippen LogP contribution in [0.1, 0.15) is 11.3 Å². The van der Waals surface area contributed by atoms with Crippen LogP contribution in [-0.2, 0) is 17.9 Å². The number of rotatable bonds is 5. The van der Waals surface area contributed by atoms with Crippen molar-refractivity contribution < 1.29 is 4.79 Å². The molecule has 0 spiro atoms. The van der Waals surface area contributed by atoms with Crippen LogP contribution < -0.4 is 15.8 Å². The first kappa shape index (κ1) is 20.1. The third kappa shape index (κ3) is 4.21. The molecule has 0 atom stereocenters. The Morgan fingerprint density at radius 2 is 1.67 bits per heavy atom. The number of carbonyl (C=O) groups excluding carboxylic acids is 1. The number of likely N-dealkylation sites (N-methyl/N-ethyl adjacent to an activating group) is 1. The van der Waals surface area contributed by atoms with E-state index in [0.29, 0.717) is 11.9 Å². The van der Waals surface area contributed by atoms with E-state index in [1.165, 1.54) is 4.68 Å². The monoisotopic (exact) mass is 405 g/mol. The average molecular weight is 406 g/mol. The first-order chi connectivity index (χ1) is 14.5. The number of aryl methyl sites for hydroxylation is 1. The van der Waals surface area contributed by atoms with E-state index in [2.05, 4.69) is 33.3 Å². The maximum atomic E-state index is 12.7. The van der Waals surface area contributed by atoms with Gasteiger partial charge in [-0.25, -0.2) is 4.68 Å². The standard InChI is InChI=1S/C23H27N5O2/c1-17-19-8-4-5-9-20(19)23(30)28(25-17)16-22(29)24-15-18-7-3-6-10-21(18)27-13-11-26(2)12-14-27/h3-10H,11-16H2,1-2H3,(H,24,29). The maximum Gasteiger partial charge on any atom is 0.275 e. The second-order valence-corrected chi connectivity index (χ2v) is 7.79. The first-order valence-corrected chi connectivity index (χ1v) is 10.3. The Balaban J connectivity index is 1.46. The van der Waals surface area contributed by atoms with Crippen molar-refractivity contribution in [1.29, 1.82) is 0 Å². The number of benzene rings is 2. The van der Waals surface area contributed by atoms with Gasteiger partial charge in [0.05, 0.1) is 11.1 Å². The maximum absolute atomic E-state index is 12.7. The third-order valence-electron chi connectivity index (χ3n) is 5.66. The van der Waals surface area contributed by atoms with Gasteiger partial charge in [0.15, 0.2) is 0 Å². The van der Waals surface area contributed by atoms with Crippen molar-refractivity contribution in [3.05, 3.63) is 70.1 Å². The fourth-order valence-electron chi connectivity index (χ4n) is 3.91. The number of piperazine rings is 1. The zero-order valence-electron chi connectivity index (χ0n) is 17.5. The molecule has 2 heterocycles. The fraction of sp³-hybridized carbons (Fsp3) is 0.348. The predicted molar refractivity (Wildman–Crippen MR) is 119 cm³/mol. The van der Waals surface area contributed by atoms with Gasteiger partial charge in [-0.2, -0.15) is 5.10 Å². The number of amides is 1. The van der Waals surface area contributed by atoms with E-state index in [9.17, 15) is 9.59 Å². The Bertz CT molecular complexity index is 1120. The van der Waals surface area contributed by atoms with Gasteiger partial charge in [-0.15, -0.1) is 0 Å². The number of para-hydroxylation sites is 1. The van der Waals surface area contributed by atoms with Crippen molar-refractivity contribution in [2.24, 2.45) is 0 Å². The minimum Gasteiger partial charge on any atom is -0.369 e. The summed E-state index contributed by atoms with van der Waals surface area (Å²) in [5, 5.41) is 8.68. The molecule has 30 heavy (non-hydrogen) atoms. The molecule has 7 nitrogen and oxygen atoms in total. The fourth-order valence-corrected chi connectivity index (χ4v) is 3.91. The van der Waals surface area contributed by atoms with Crippen molar-refractivity contribution in [2.45, 2.75) is 20.0 Å². The molecule has 0 saturated carbocycles. The van der Waals surface area contributed by atoms with Gasteiger partial charge in [-0.3, -0.25) is 9.59 Å². The van der Waals surface area contributed by atoms with E-state index in [1.807, 2.05) is 43.3 Å². The van der Waals surface area contributed by atoms with Crippen LogP contribution in [-0.4, -0.2) is 53.8 Å². The van der Waals surface area contributed by atoms with E-state index in [1.54, 1.807) is 6.07 Å². The number of aromatic nitrogens is 2. The second kappa shape index (κ2) is 8.67. The Morgan fingerprint density at radius 3 is 2.43 bits per heavy atom. The van der Waals surface area contributed by atoms with Gasteiger partial charge in [0.2, 0.25) is 5.91 Å².